The number of hydrogen-bond donors (Lipinski definition) is 2. The van der Waals surface area contributed by atoms with Gasteiger partial charge >= 0.3 is 0 Å². The topological polar surface area (TPSA) is 98.7 Å². The van der Waals surface area contributed by atoms with Crippen LogP contribution in [0.4, 0.5) is 5.69 Å². The molecule has 18 heavy (non-hydrogen) atoms. The normalized spacial score (nSPS) is 10.3. The van der Waals surface area contributed by atoms with Gasteiger partial charge in [0.05, 0.1) is 24.6 Å². The van der Waals surface area contributed by atoms with E-state index in [1.807, 2.05) is 13.0 Å². The van der Waals surface area contributed by atoms with Gasteiger partial charge in [0.15, 0.2) is 5.69 Å². The highest BCUT2D eigenvalue weighted by atomic mass is 16.2. The zero-order valence-corrected chi connectivity index (χ0v) is 10.00. The number of carbonyl (C=O) groups is 1. The Hall–Kier alpha value is -2.28. The first kappa shape index (κ1) is 12.2. The lowest BCUT2D eigenvalue weighted by molar-refractivity contribution is 0.102. The standard InChI is InChI=1S/C11H14N6O/c1-8-2-4-13-6-9(8)14-11(18)10-7-17(5-3-12)16-15-10/h2,4,6-7H,3,5,12H2,1H3,(H,14,18). The summed E-state index contributed by atoms with van der Waals surface area (Å²) in [6.45, 7) is 2.88. The van der Waals surface area contributed by atoms with Gasteiger partial charge in [-0.05, 0) is 18.6 Å². The number of nitrogens with one attached hydrogen (secondary N) is 1. The zero-order valence-electron chi connectivity index (χ0n) is 10.00. The van der Waals surface area contributed by atoms with E-state index in [2.05, 4.69) is 20.6 Å². The number of nitrogens with zero attached hydrogens (tertiary/aromatic N) is 4. The molecule has 0 radical (unpaired) electrons. The molecule has 94 valence electrons. The molecule has 1 amide bonds. The second-order valence-electron chi connectivity index (χ2n) is 3.80. The Kier molecular flexibility index (Phi) is 3.63. The van der Waals surface area contributed by atoms with E-state index in [-0.39, 0.29) is 11.6 Å². The van der Waals surface area contributed by atoms with Crippen LogP contribution in [0.15, 0.2) is 24.7 Å². The van der Waals surface area contributed by atoms with Crippen LogP contribution in [0.3, 0.4) is 0 Å². The summed E-state index contributed by atoms with van der Waals surface area (Å²) in [5, 5.41) is 10.3. The van der Waals surface area contributed by atoms with Crippen LogP contribution in [0.1, 0.15) is 16.1 Å². The molecule has 0 unspecified atom stereocenters. The van der Waals surface area contributed by atoms with Gasteiger partial charge in [0, 0.05) is 12.7 Å². The first-order valence-corrected chi connectivity index (χ1v) is 5.53. The summed E-state index contributed by atoms with van der Waals surface area (Å²) >= 11 is 0. The van der Waals surface area contributed by atoms with Gasteiger partial charge in [0.1, 0.15) is 0 Å². The summed E-state index contributed by atoms with van der Waals surface area (Å²) < 4.78 is 1.53. The molecule has 0 atom stereocenters. The maximum Gasteiger partial charge on any atom is 0.277 e. The first-order valence-electron chi connectivity index (χ1n) is 5.53. The highest BCUT2D eigenvalue weighted by molar-refractivity contribution is 6.02. The van der Waals surface area contributed by atoms with E-state index < -0.39 is 0 Å². The van der Waals surface area contributed by atoms with Crippen LogP contribution in [0.2, 0.25) is 0 Å². The number of aryl methyl sites for hydroxylation is 1. The minimum absolute atomic E-state index is 0.256. The van der Waals surface area contributed by atoms with Crippen LogP contribution in [-0.4, -0.2) is 32.4 Å². The smallest absolute Gasteiger partial charge is 0.277 e. The molecule has 2 aromatic heterocycles. The van der Waals surface area contributed by atoms with E-state index in [0.29, 0.717) is 18.8 Å². The first-order chi connectivity index (χ1) is 8.70. The molecule has 7 heteroatoms. The highest BCUT2D eigenvalue weighted by Gasteiger charge is 2.11. The third-order valence-electron chi connectivity index (χ3n) is 2.42. The fraction of sp³-hybridized carbons (Fsp3) is 0.273. The van der Waals surface area contributed by atoms with E-state index in [1.165, 1.54) is 4.68 Å². The Morgan fingerprint density at radius 1 is 1.56 bits per heavy atom. The maximum absolute atomic E-state index is 11.9. The van der Waals surface area contributed by atoms with E-state index in [4.69, 9.17) is 5.73 Å². The molecule has 2 aromatic rings. The van der Waals surface area contributed by atoms with Crippen molar-refractivity contribution in [3.8, 4) is 0 Å². The molecule has 0 spiro atoms. The van der Waals surface area contributed by atoms with Crippen LogP contribution in [0.5, 0.6) is 0 Å². The van der Waals surface area contributed by atoms with Crippen molar-refractivity contribution in [1.82, 2.24) is 20.0 Å². The predicted molar refractivity (Wildman–Crippen MR) is 66.0 cm³/mol. The van der Waals surface area contributed by atoms with Crippen LogP contribution >= 0.6 is 0 Å². The Bertz CT molecular complexity index is 550. The average Bonchev–Trinajstić information content (AvgIpc) is 2.81. The van der Waals surface area contributed by atoms with Gasteiger partial charge in [0.2, 0.25) is 0 Å². The summed E-state index contributed by atoms with van der Waals surface area (Å²) in [6, 6.07) is 1.82. The van der Waals surface area contributed by atoms with E-state index >= 15 is 0 Å². The number of pyridine rings is 1. The Labute approximate surface area is 104 Å². The number of anilines is 1. The maximum atomic E-state index is 11.9. The molecule has 3 N–H and O–H groups in total. The SMILES string of the molecule is Cc1ccncc1NC(=O)c1cn(CCN)nn1. The van der Waals surface area contributed by atoms with Crippen molar-refractivity contribution in [2.24, 2.45) is 5.73 Å². The van der Waals surface area contributed by atoms with Gasteiger partial charge in [-0.15, -0.1) is 5.10 Å². The summed E-state index contributed by atoms with van der Waals surface area (Å²) in [4.78, 5) is 15.9. The van der Waals surface area contributed by atoms with Crippen LogP contribution in [0.25, 0.3) is 0 Å². The highest BCUT2D eigenvalue weighted by Crippen LogP contribution is 2.12. The lowest BCUT2D eigenvalue weighted by Gasteiger charge is -2.04. The Morgan fingerprint density at radius 3 is 3.11 bits per heavy atom. The van der Waals surface area contributed by atoms with Gasteiger partial charge in [-0.1, -0.05) is 5.21 Å². The minimum Gasteiger partial charge on any atom is -0.329 e. The molecule has 2 heterocycles. The molecule has 0 aliphatic carbocycles. The Balaban J connectivity index is 2.10. The molecule has 0 saturated heterocycles. The summed E-state index contributed by atoms with van der Waals surface area (Å²) in [5.41, 5.74) is 7.25. The fourth-order valence-electron chi connectivity index (χ4n) is 1.43. The van der Waals surface area contributed by atoms with Crippen LogP contribution in [0, 0.1) is 6.92 Å². The molecule has 0 bridgehead atoms. The van der Waals surface area contributed by atoms with E-state index in [1.54, 1.807) is 18.6 Å². The van der Waals surface area contributed by atoms with Crippen molar-refractivity contribution in [2.45, 2.75) is 13.5 Å². The van der Waals surface area contributed by atoms with E-state index in [9.17, 15) is 4.79 Å². The zero-order chi connectivity index (χ0) is 13.0. The quantitative estimate of drug-likeness (QED) is 0.802. The fourth-order valence-corrected chi connectivity index (χ4v) is 1.43. The van der Waals surface area contributed by atoms with Crippen molar-refractivity contribution in [3.05, 3.63) is 35.9 Å². The molecule has 0 aliphatic rings. The molecular formula is C11H14N6O. The third kappa shape index (κ3) is 2.69. The van der Waals surface area contributed by atoms with E-state index in [0.717, 1.165) is 5.56 Å². The van der Waals surface area contributed by atoms with Gasteiger partial charge in [-0.3, -0.25) is 14.5 Å². The molecule has 7 nitrogen and oxygen atoms in total. The summed E-state index contributed by atoms with van der Waals surface area (Å²) in [5.74, 6) is -0.311. The lowest BCUT2D eigenvalue weighted by atomic mass is 10.2. The lowest BCUT2D eigenvalue weighted by Crippen LogP contribution is -2.13. The van der Waals surface area contributed by atoms with Crippen LogP contribution < -0.4 is 11.1 Å². The summed E-state index contributed by atoms with van der Waals surface area (Å²) in [6.07, 6.45) is 4.83. The number of nitrogens with two attached hydrogens (primary N) is 1. The average molecular weight is 246 g/mol. The Morgan fingerprint density at radius 2 is 2.39 bits per heavy atom. The number of amides is 1. The van der Waals surface area contributed by atoms with Gasteiger partial charge in [0.25, 0.3) is 5.91 Å². The van der Waals surface area contributed by atoms with Gasteiger partial charge in [-0.25, -0.2) is 0 Å². The monoisotopic (exact) mass is 246 g/mol. The molecule has 0 fully saturated rings. The number of carbonyl (C=O) groups excluding carboxylic acids is 1. The van der Waals surface area contributed by atoms with Gasteiger partial charge < -0.3 is 11.1 Å². The van der Waals surface area contributed by atoms with Crippen molar-refractivity contribution in [1.29, 1.82) is 0 Å². The van der Waals surface area contributed by atoms with Crippen molar-refractivity contribution >= 4 is 11.6 Å². The predicted octanol–water partition coefficient (Wildman–Crippen LogP) is 0.193. The minimum atomic E-state index is -0.311. The largest absolute Gasteiger partial charge is 0.329 e. The molecular weight excluding hydrogens is 232 g/mol. The third-order valence-corrected chi connectivity index (χ3v) is 2.42. The van der Waals surface area contributed by atoms with Gasteiger partial charge in [-0.2, -0.15) is 0 Å². The van der Waals surface area contributed by atoms with Crippen molar-refractivity contribution < 1.29 is 4.79 Å². The molecule has 2 rings (SSSR count). The second kappa shape index (κ2) is 5.37. The molecule has 0 aromatic carbocycles. The molecule has 0 aliphatic heterocycles. The second-order valence-corrected chi connectivity index (χ2v) is 3.80. The number of hydrogen-bond acceptors (Lipinski definition) is 5. The summed E-state index contributed by atoms with van der Waals surface area (Å²) in [7, 11) is 0. The van der Waals surface area contributed by atoms with Crippen LogP contribution in [-0.2, 0) is 6.54 Å². The molecule has 0 saturated carbocycles. The van der Waals surface area contributed by atoms with Crippen molar-refractivity contribution in [3.63, 3.8) is 0 Å². The number of aromatic nitrogens is 4. The number of rotatable bonds is 4. The van der Waals surface area contributed by atoms with Crippen molar-refractivity contribution in [2.75, 3.05) is 11.9 Å².